The zero-order valence-electron chi connectivity index (χ0n) is 12.8. The van der Waals surface area contributed by atoms with Crippen molar-refractivity contribution in [3.8, 4) is 22.9 Å². The molecule has 0 spiro atoms. The molecule has 0 radical (unpaired) electrons. The third kappa shape index (κ3) is 3.70. The summed E-state index contributed by atoms with van der Waals surface area (Å²) in [5, 5.41) is 13.9. The predicted octanol–water partition coefficient (Wildman–Crippen LogP) is 3.75. The molecule has 0 atom stereocenters. The Kier molecular flexibility index (Phi) is 5.05. The minimum absolute atomic E-state index is 0.220. The summed E-state index contributed by atoms with van der Waals surface area (Å²) < 4.78 is 25.4. The molecule has 1 heterocycles. The molecule has 8 heteroatoms. The number of tetrazole rings is 1. The van der Waals surface area contributed by atoms with Gasteiger partial charge in [-0.3, -0.25) is 0 Å². The monoisotopic (exact) mass is 392 g/mol. The van der Waals surface area contributed by atoms with Gasteiger partial charge in [-0.05, 0) is 57.9 Å². The molecule has 0 aliphatic heterocycles. The second-order valence-electron chi connectivity index (χ2n) is 4.87. The third-order valence-electron chi connectivity index (χ3n) is 3.19. The van der Waals surface area contributed by atoms with Crippen LogP contribution >= 0.6 is 15.9 Å². The zero-order valence-corrected chi connectivity index (χ0v) is 14.4. The van der Waals surface area contributed by atoms with E-state index in [9.17, 15) is 4.39 Å². The van der Waals surface area contributed by atoms with Gasteiger partial charge in [-0.15, -0.1) is 10.2 Å². The molecule has 24 heavy (non-hydrogen) atoms. The minimum Gasteiger partial charge on any atom is -0.490 e. The maximum absolute atomic E-state index is 13.3. The Morgan fingerprint density at radius 3 is 2.79 bits per heavy atom. The summed E-state index contributed by atoms with van der Waals surface area (Å²) in [4.78, 5) is 0. The summed E-state index contributed by atoms with van der Waals surface area (Å²) in [6, 6.07) is 9.86. The highest BCUT2D eigenvalue weighted by Gasteiger charge is 2.15. The number of aromatic nitrogens is 4. The van der Waals surface area contributed by atoms with E-state index in [1.54, 1.807) is 18.2 Å². The highest BCUT2D eigenvalue weighted by Crippen LogP contribution is 2.39. The first-order valence-electron chi connectivity index (χ1n) is 7.24. The number of nitrogens with one attached hydrogen (secondary N) is 1. The van der Waals surface area contributed by atoms with E-state index in [4.69, 9.17) is 9.47 Å². The molecule has 3 aromatic rings. The van der Waals surface area contributed by atoms with Crippen LogP contribution < -0.4 is 9.47 Å². The van der Waals surface area contributed by atoms with Crippen molar-refractivity contribution in [3.63, 3.8) is 0 Å². The summed E-state index contributed by atoms with van der Waals surface area (Å²) in [5.41, 5.74) is 1.46. The quantitative estimate of drug-likeness (QED) is 0.691. The fourth-order valence-corrected chi connectivity index (χ4v) is 2.72. The number of aromatic amines is 1. The van der Waals surface area contributed by atoms with Crippen molar-refractivity contribution in [1.29, 1.82) is 0 Å². The predicted molar refractivity (Wildman–Crippen MR) is 89.2 cm³/mol. The molecular formula is C16H14BrFN4O2. The van der Waals surface area contributed by atoms with Gasteiger partial charge in [0.15, 0.2) is 11.5 Å². The number of halogens is 2. The van der Waals surface area contributed by atoms with Crippen LogP contribution in [0.5, 0.6) is 11.5 Å². The summed E-state index contributed by atoms with van der Waals surface area (Å²) in [5.74, 6) is 1.23. The van der Waals surface area contributed by atoms with E-state index < -0.39 is 0 Å². The first-order valence-corrected chi connectivity index (χ1v) is 8.04. The van der Waals surface area contributed by atoms with Crippen molar-refractivity contribution >= 4 is 15.9 Å². The number of benzene rings is 2. The fourth-order valence-electron chi connectivity index (χ4n) is 2.17. The van der Waals surface area contributed by atoms with Gasteiger partial charge in [0.25, 0.3) is 0 Å². The van der Waals surface area contributed by atoms with E-state index in [2.05, 4.69) is 36.6 Å². The van der Waals surface area contributed by atoms with Crippen molar-refractivity contribution < 1.29 is 13.9 Å². The summed E-state index contributed by atoms with van der Waals surface area (Å²) in [6.07, 6.45) is 0. The maximum atomic E-state index is 13.3. The van der Waals surface area contributed by atoms with Gasteiger partial charge in [0.1, 0.15) is 12.4 Å². The van der Waals surface area contributed by atoms with E-state index in [-0.39, 0.29) is 12.4 Å². The third-order valence-corrected chi connectivity index (χ3v) is 3.77. The molecule has 0 saturated heterocycles. The van der Waals surface area contributed by atoms with Gasteiger partial charge in [-0.25, -0.2) is 4.39 Å². The number of ether oxygens (including phenoxy) is 2. The Hall–Kier alpha value is -2.48. The van der Waals surface area contributed by atoms with Crippen LogP contribution in [0, 0.1) is 5.82 Å². The van der Waals surface area contributed by atoms with Gasteiger partial charge >= 0.3 is 0 Å². The van der Waals surface area contributed by atoms with Crippen LogP contribution in [0.1, 0.15) is 12.5 Å². The Labute approximate surface area is 146 Å². The number of nitrogens with zero attached hydrogens (tertiary/aromatic N) is 3. The van der Waals surface area contributed by atoms with Gasteiger partial charge in [-0.2, -0.15) is 5.21 Å². The molecular weight excluding hydrogens is 379 g/mol. The topological polar surface area (TPSA) is 72.9 Å². The summed E-state index contributed by atoms with van der Waals surface area (Å²) in [6.45, 7) is 2.57. The normalized spacial score (nSPS) is 10.6. The first-order chi connectivity index (χ1) is 11.7. The van der Waals surface area contributed by atoms with Gasteiger partial charge in [0.05, 0.1) is 11.1 Å². The van der Waals surface area contributed by atoms with Crippen LogP contribution in [0.25, 0.3) is 11.4 Å². The van der Waals surface area contributed by atoms with Crippen molar-refractivity contribution in [2.24, 2.45) is 0 Å². The molecule has 124 valence electrons. The first kappa shape index (κ1) is 16.4. The van der Waals surface area contributed by atoms with E-state index in [0.29, 0.717) is 28.4 Å². The van der Waals surface area contributed by atoms with Crippen LogP contribution in [0.3, 0.4) is 0 Å². The number of H-pyrrole nitrogens is 1. The van der Waals surface area contributed by atoms with Gasteiger partial charge in [0.2, 0.25) is 5.82 Å². The summed E-state index contributed by atoms with van der Waals surface area (Å²) >= 11 is 3.48. The van der Waals surface area contributed by atoms with Crippen LogP contribution in [0.2, 0.25) is 0 Å². The number of rotatable bonds is 6. The van der Waals surface area contributed by atoms with Crippen LogP contribution in [-0.4, -0.2) is 27.2 Å². The molecule has 0 fully saturated rings. The molecule has 0 saturated carbocycles. The summed E-state index contributed by atoms with van der Waals surface area (Å²) in [7, 11) is 0. The van der Waals surface area contributed by atoms with Crippen molar-refractivity contribution in [3.05, 3.63) is 52.3 Å². The van der Waals surface area contributed by atoms with Gasteiger partial charge in [-0.1, -0.05) is 12.1 Å². The van der Waals surface area contributed by atoms with E-state index in [0.717, 1.165) is 11.1 Å². The van der Waals surface area contributed by atoms with Crippen LogP contribution in [-0.2, 0) is 6.61 Å². The van der Waals surface area contributed by atoms with E-state index in [1.165, 1.54) is 12.1 Å². The highest BCUT2D eigenvalue weighted by atomic mass is 79.9. The lowest BCUT2D eigenvalue weighted by Crippen LogP contribution is -2.01. The molecule has 3 rings (SSSR count). The molecule has 2 aromatic carbocycles. The molecule has 0 amide bonds. The minimum atomic E-state index is -0.298. The molecule has 0 aliphatic rings. The molecule has 0 bridgehead atoms. The Morgan fingerprint density at radius 1 is 1.21 bits per heavy atom. The standard InChI is InChI=1S/C16H14BrFN4O2/c1-2-23-14-8-11(16-19-21-22-20-16)7-13(17)15(14)24-9-10-4-3-5-12(18)6-10/h3-8H,2,9H2,1H3,(H,19,20,21,22). The fraction of sp³-hybridized carbons (Fsp3) is 0.188. The SMILES string of the molecule is CCOc1cc(-c2nn[nH]n2)cc(Br)c1OCc1cccc(F)c1. The Balaban J connectivity index is 1.88. The Bertz CT molecular complexity index is 827. The number of hydrogen-bond donors (Lipinski definition) is 1. The molecule has 0 unspecified atom stereocenters. The lowest BCUT2D eigenvalue weighted by Gasteiger charge is -2.15. The van der Waals surface area contributed by atoms with E-state index >= 15 is 0 Å². The molecule has 1 aromatic heterocycles. The Morgan fingerprint density at radius 2 is 2.08 bits per heavy atom. The molecule has 6 nitrogen and oxygen atoms in total. The second kappa shape index (κ2) is 7.39. The van der Waals surface area contributed by atoms with Crippen molar-refractivity contribution in [2.75, 3.05) is 6.61 Å². The highest BCUT2D eigenvalue weighted by molar-refractivity contribution is 9.10. The smallest absolute Gasteiger partial charge is 0.204 e. The second-order valence-corrected chi connectivity index (χ2v) is 5.73. The molecule has 0 aliphatic carbocycles. The average Bonchev–Trinajstić information content (AvgIpc) is 3.09. The molecule has 1 N–H and O–H groups in total. The zero-order chi connectivity index (χ0) is 16.9. The van der Waals surface area contributed by atoms with Crippen molar-refractivity contribution in [2.45, 2.75) is 13.5 Å². The van der Waals surface area contributed by atoms with Gasteiger partial charge in [0, 0.05) is 5.56 Å². The van der Waals surface area contributed by atoms with Gasteiger partial charge < -0.3 is 9.47 Å². The van der Waals surface area contributed by atoms with Crippen LogP contribution in [0.4, 0.5) is 4.39 Å². The average molecular weight is 393 g/mol. The lowest BCUT2D eigenvalue weighted by atomic mass is 10.2. The largest absolute Gasteiger partial charge is 0.490 e. The van der Waals surface area contributed by atoms with E-state index in [1.807, 2.05) is 13.0 Å². The maximum Gasteiger partial charge on any atom is 0.204 e. The number of hydrogen-bond acceptors (Lipinski definition) is 5. The van der Waals surface area contributed by atoms with Crippen molar-refractivity contribution in [1.82, 2.24) is 20.6 Å². The van der Waals surface area contributed by atoms with Crippen LogP contribution in [0.15, 0.2) is 40.9 Å². The lowest BCUT2D eigenvalue weighted by molar-refractivity contribution is 0.267.